The summed E-state index contributed by atoms with van der Waals surface area (Å²) in [4.78, 5) is 0.357. The fourth-order valence-corrected chi connectivity index (χ4v) is 2.51. The van der Waals surface area contributed by atoms with Crippen molar-refractivity contribution in [3.8, 4) is 0 Å². The van der Waals surface area contributed by atoms with Crippen LogP contribution in [0, 0.1) is 0 Å². The number of nitrogens with one attached hydrogen (secondary N) is 1. The first kappa shape index (κ1) is 13.7. The second-order valence-electron chi connectivity index (χ2n) is 3.70. The summed E-state index contributed by atoms with van der Waals surface area (Å²) in [5, 5.41) is 3.61. The van der Waals surface area contributed by atoms with Crippen molar-refractivity contribution in [2.75, 3.05) is 0 Å². The van der Waals surface area contributed by atoms with Crippen molar-refractivity contribution < 1.29 is 12.9 Å². The molecule has 1 heterocycles. The maximum Gasteiger partial charge on any atom is 0.240 e. The van der Waals surface area contributed by atoms with E-state index in [1.807, 2.05) is 0 Å². The first-order valence-electron chi connectivity index (χ1n) is 5.28. The van der Waals surface area contributed by atoms with Gasteiger partial charge in [0, 0.05) is 11.6 Å². The Morgan fingerprint density at radius 1 is 1.32 bits per heavy atom. The van der Waals surface area contributed by atoms with Gasteiger partial charge in [-0.15, -0.1) is 0 Å². The standard InChI is InChI=1S/C11H11N3O3S2/c12-11(18)8-1-3-10(4-2-8)19(15,16)13-7-9-5-6-17-14-9/h1-6,13H,7H2,(H2,12,18). The van der Waals surface area contributed by atoms with Gasteiger partial charge in [0.05, 0.1) is 17.1 Å². The summed E-state index contributed by atoms with van der Waals surface area (Å²) >= 11 is 4.80. The fraction of sp³-hybridized carbons (Fsp3) is 0.0909. The zero-order chi connectivity index (χ0) is 13.9. The number of aromatic nitrogens is 1. The molecule has 0 saturated heterocycles. The third-order valence-electron chi connectivity index (χ3n) is 2.38. The van der Waals surface area contributed by atoms with Crippen LogP contribution in [0.2, 0.25) is 0 Å². The van der Waals surface area contributed by atoms with Crippen LogP contribution in [0.25, 0.3) is 0 Å². The van der Waals surface area contributed by atoms with Crippen LogP contribution in [0.1, 0.15) is 11.3 Å². The molecular weight excluding hydrogens is 286 g/mol. The minimum absolute atomic E-state index is 0.0654. The van der Waals surface area contributed by atoms with Gasteiger partial charge in [0.15, 0.2) is 0 Å². The van der Waals surface area contributed by atoms with Crippen LogP contribution in [-0.2, 0) is 16.6 Å². The average molecular weight is 297 g/mol. The highest BCUT2D eigenvalue weighted by molar-refractivity contribution is 7.89. The maximum atomic E-state index is 12.0. The second kappa shape index (κ2) is 5.47. The Kier molecular flexibility index (Phi) is 3.93. The van der Waals surface area contributed by atoms with Gasteiger partial charge in [-0.3, -0.25) is 0 Å². The largest absolute Gasteiger partial charge is 0.389 e. The Morgan fingerprint density at radius 2 is 2.00 bits per heavy atom. The molecule has 2 aromatic rings. The number of sulfonamides is 1. The molecule has 0 bridgehead atoms. The van der Waals surface area contributed by atoms with Crippen molar-refractivity contribution in [3.05, 3.63) is 47.9 Å². The topological polar surface area (TPSA) is 98.2 Å². The Hall–Kier alpha value is -1.77. The Bertz CT molecular complexity index is 664. The zero-order valence-corrected chi connectivity index (χ0v) is 11.4. The van der Waals surface area contributed by atoms with Gasteiger partial charge in [-0.05, 0) is 12.1 Å². The quantitative estimate of drug-likeness (QED) is 0.792. The molecular formula is C11H11N3O3S2. The smallest absolute Gasteiger partial charge is 0.240 e. The predicted octanol–water partition coefficient (Wildman–Crippen LogP) is 0.787. The molecule has 0 aliphatic rings. The fourth-order valence-electron chi connectivity index (χ4n) is 1.38. The summed E-state index contributed by atoms with van der Waals surface area (Å²) in [7, 11) is -3.59. The molecule has 0 atom stereocenters. The first-order valence-corrected chi connectivity index (χ1v) is 7.17. The lowest BCUT2D eigenvalue weighted by Crippen LogP contribution is -2.23. The van der Waals surface area contributed by atoms with Crippen molar-refractivity contribution in [1.82, 2.24) is 9.88 Å². The van der Waals surface area contributed by atoms with Crippen molar-refractivity contribution >= 4 is 27.2 Å². The van der Waals surface area contributed by atoms with Crippen LogP contribution in [-0.4, -0.2) is 18.6 Å². The third kappa shape index (κ3) is 3.37. The van der Waals surface area contributed by atoms with Gasteiger partial charge in [0.25, 0.3) is 0 Å². The van der Waals surface area contributed by atoms with E-state index in [-0.39, 0.29) is 16.4 Å². The van der Waals surface area contributed by atoms with Crippen LogP contribution in [0.15, 0.2) is 46.0 Å². The molecule has 0 aliphatic heterocycles. The molecule has 1 aromatic carbocycles. The molecule has 0 unspecified atom stereocenters. The molecule has 19 heavy (non-hydrogen) atoms. The predicted molar refractivity (Wildman–Crippen MR) is 72.9 cm³/mol. The highest BCUT2D eigenvalue weighted by Gasteiger charge is 2.14. The first-order chi connectivity index (χ1) is 8.99. The Balaban J connectivity index is 2.13. The maximum absolute atomic E-state index is 12.0. The summed E-state index contributed by atoms with van der Waals surface area (Å²) in [6.07, 6.45) is 1.38. The van der Waals surface area contributed by atoms with Crippen molar-refractivity contribution in [2.45, 2.75) is 11.4 Å². The summed E-state index contributed by atoms with van der Waals surface area (Å²) < 4.78 is 31.0. The monoisotopic (exact) mass is 297 g/mol. The van der Waals surface area contributed by atoms with Crippen LogP contribution in [0.3, 0.4) is 0 Å². The van der Waals surface area contributed by atoms with E-state index >= 15 is 0 Å². The van der Waals surface area contributed by atoms with E-state index in [4.69, 9.17) is 18.0 Å². The zero-order valence-electron chi connectivity index (χ0n) is 9.74. The highest BCUT2D eigenvalue weighted by atomic mass is 32.2. The average Bonchev–Trinajstić information content (AvgIpc) is 2.90. The second-order valence-corrected chi connectivity index (χ2v) is 5.91. The van der Waals surface area contributed by atoms with Gasteiger partial charge in [0.2, 0.25) is 10.0 Å². The summed E-state index contributed by atoms with van der Waals surface area (Å²) in [6, 6.07) is 7.59. The Morgan fingerprint density at radius 3 is 2.53 bits per heavy atom. The molecule has 0 radical (unpaired) electrons. The van der Waals surface area contributed by atoms with E-state index in [1.165, 1.54) is 18.4 Å². The molecule has 1 aromatic heterocycles. The number of hydrogen-bond donors (Lipinski definition) is 2. The number of hydrogen-bond acceptors (Lipinski definition) is 5. The van der Waals surface area contributed by atoms with Crippen molar-refractivity contribution in [2.24, 2.45) is 5.73 Å². The highest BCUT2D eigenvalue weighted by Crippen LogP contribution is 2.11. The van der Waals surface area contributed by atoms with E-state index in [9.17, 15) is 8.42 Å². The van der Waals surface area contributed by atoms with E-state index < -0.39 is 10.0 Å². The number of benzene rings is 1. The van der Waals surface area contributed by atoms with E-state index in [2.05, 4.69) is 14.4 Å². The minimum atomic E-state index is -3.59. The van der Waals surface area contributed by atoms with Gasteiger partial charge < -0.3 is 10.3 Å². The Labute approximate surface area is 115 Å². The van der Waals surface area contributed by atoms with E-state index in [0.717, 1.165) is 0 Å². The number of thiocarbonyl (C=S) groups is 1. The minimum Gasteiger partial charge on any atom is -0.389 e. The van der Waals surface area contributed by atoms with Gasteiger partial charge >= 0.3 is 0 Å². The summed E-state index contributed by atoms with van der Waals surface area (Å²) in [6.45, 7) is 0.0654. The van der Waals surface area contributed by atoms with E-state index in [0.29, 0.717) is 11.3 Å². The van der Waals surface area contributed by atoms with Crippen molar-refractivity contribution in [1.29, 1.82) is 0 Å². The van der Waals surface area contributed by atoms with Crippen LogP contribution < -0.4 is 10.5 Å². The van der Waals surface area contributed by atoms with Crippen LogP contribution in [0.5, 0.6) is 0 Å². The number of rotatable bonds is 5. The van der Waals surface area contributed by atoms with Gasteiger partial charge in [-0.25, -0.2) is 13.1 Å². The molecule has 3 N–H and O–H groups in total. The molecule has 0 spiro atoms. The number of nitrogens with zero attached hydrogens (tertiary/aromatic N) is 1. The normalized spacial score (nSPS) is 11.4. The van der Waals surface area contributed by atoms with E-state index in [1.54, 1.807) is 18.2 Å². The third-order valence-corrected chi connectivity index (χ3v) is 4.04. The molecule has 0 amide bonds. The molecule has 100 valence electrons. The molecule has 0 fully saturated rings. The lowest BCUT2D eigenvalue weighted by Gasteiger charge is -2.06. The number of nitrogens with two attached hydrogens (primary N) is 1. The van der Waals surface area contributed by atoms with Crippen LogP contribution in [0.4, 0.5) is 0 Å². The van der Waals surface area contributed by atoms with Gasteiger partial charge in [-0.2, -0.15) is 0 Å². The SMILES string of the molecule is NC(=S)c1ccc(S(=O)(=O)NCc2ccon2)cc1. The van der Waals surface area contributed by atoms with Gasteiger partial charge in [-0.1, -0.05) is 29.5 Å². The molecule has 8 heteroatoms. The van der Waals surface area contributed by atoms with Crippen molar-refractivity contribution in [3.63, 3.8) is 0 Å². The lowest BCUT2D eigenvalue weighted by atomic mass is 10.2. The lowest BCUT2D eigenvalue weighted by molar-refractivity contribution is 0.411. The summed E-state index contributed by atoms with van der Waals surface area (Å²) in [5.41, 5.74) is 6.56. The summed E-state index contributed by atoms with van der Waals surface area (Å²) in [5.74, 6) is 0. The molecule has 2 rings (SSSR count). The molecule has 0 saturated carbocycles. The molecule has 0 aliphatic carbocycles. The van der Waals surface area contributed by atoms with Gasteiger partial charge in [0.1, 0.15) is 11.3 Å². The van der Waals surface area contributed by atoms with Crippen LogP contribution >= 0.6 is 12.2 Å². The molecule has 6 nitrogen and oxygen atoms in total.